The summed E-state index contributed by atoms with van der Waals surface area (Å²) in [6.45, 7) is 13.1. The van der Waals surface area contributed by atoms with Crippen LogP contribution in [0.3, 0.4) is 0 Å². The van der Waals surface area contributed by atoms with Crippen molar-refractivity contribution in [2.24, 2.45) is 0 Å². The molecule has 0 spiro atoms. The molecular weight excluding hydrogens is 438 g/mol. The molecule has 2 unspecified atom stereocenters. The van der Waals surface area contributed by atoms with E-state index in [1.165, 1.54) is 0 Å². The number of hydrogen-bond donors (Lipinski definition) is 0. The predicted molar refractivity (Wildman–Crippen MR) is 141 cm³/mol. The van der Waals surface area contributed by atoms with E-state index in [1.54, 1.807) is 6.92 Å². The fourth-order valence-electron chi connectivity index (χ4n) is 3.71. The van der Waals surface area contributed by atoms with Crippen molar-refractivity contribution in [2.75, 3.05) is 38.1 Å². The Kier molecular flexibility index (Phi) is 11.1. The largest absolute Gasteiger partial charge is 0.457 e. The van der Waals surface area contributed by atoms with Gasteiger partial charge in [0.05, 0.1) is 17.1 Å². The van der Waals surface area contributed by atoms with Gasteiger partial charge in [0.2, 0.25) is 0 Å². The van der Waals surface area contributed by atoms with Crippen molar-refractivity contribution in [3.8, 4) is 6.07 Å². The number of para-hydroxylation sites is 2. The number of hydrogen-bond acceptors (Lipinski definition) is 7. The minimum absolute atomic E-state index is 0.357. The Morgan fingerprint density at radius 2 is 1.46 bits per heavy atom. The lowest BCUT2D eigenvalue weighted by molar-refractivity contribution is -0.149. The first-order chi connectivity index (χ1) is 17.1. The number of nitriles is 1. The molecule has 4 rings (SSSR count). The number of anilines is 1. The number of piperazine rings is 1. The van der Waals surface area contributed by atoms with Crippen LogP contribution in [0.1, 0.15) is 57.9 Å². The van der Waals surface area contributed by atoms with Gasteiger partial charge in [-0.3, -0.25) is 4.79 Å². The van der Waals surface area contributed by atoms with Crippen LogP contribution in [0, 0.1) is 11.3 Å². The first-order valence-electron chi connectivity index (χ1n) is 12.4. The van der Waals surface area contributed by atoms with Gasteiger partial charge in [-0.2, -0.15) is 5.26 Å². The smallest absolute Gasteiger partial charge is 0.330 e. The van der Waals surface area contributed by atoms with Crippen molar-refractivity contribution < 1.29 is 9.53 Å². The second kappa shape index (κ2) is 14.0. The fraction of sp³-hybridized carbons (Fsp3) is 0.429. The predicted octanol–water partition coefficient (Wildman–Crippen LogP) is 5.35. The Morgan fingerprint density at radius 1 is 0.914 bits per heavy atom. The Morgan fingerprint density at radius 3 is 2.03 bits per heavy atom. The highest BCUT2D eigenvalue weighted by atomic mass is 16.5. The zero-order chi connectivity index (χ0) is 25.8. The number of carbonyl (C=O) groups is 1. The van der Waals surface area contributed by atoms with Gasteiger partial charge in [-0.05, 0) is 31.7 Å². The molecule has 0 radical (unpaired) electrons. The molecular formula is C28H37N5O2. The van der Waals surface area contributed by atoms with E-state index >= 15 is 0 Å². The summed E-state index contributed by atoms with van der Waals surface area (Å²) >= 11 is 0. The number of fused-ring (bicyclic) bond motifs is 1. The lowest BCUT2D eigenvalue weighted by atomic mass is 10.1. The molecule has 2 atom stereocenters. The summed E-state index contributed by atoms with van der Waals surface area (Å²) in [5.74, 6) is -1.18. The summed E-state index contributed by atoms with van der Waals surface area (Å²) in [5, 5.41) is 9.92. The van der Waals surface area contributed by atoms with Gasteiger partial charge >= 0.3 is 5.97 Å². The molecule has 186 valence electrons. The Bertz CT molecular complexity index is 1110. The summed E-state index contributed by atoms with van der Waals surface area (Å²) in [5.41, 5.74) is 2.62. The van der Waals surface area contributed by atoms with Gasteiger partial charge in [0.1, 0.15) is 11.8 Å². The van der Waals surface area contributed by atoms with Crippen molar-refractivity contribution in [2.45, 2.75) is 46.6 Å². The summed E-state index contributed by atoms with van der Waals surface area (Å²) in [7, 11) is 2.07. The quantitative estimate of drug-likeness (QED) is 0.460. The second-order valence-corrected chi connectivity index (χ2v) is 7.76. The lowest BCUT2D eigenvalue weighted by Crippen LogP contribution is -2.45. The molecule has 1 aromatic heterocycles. The highest BCUT2D eigenvalue weighted by molar-refractivity contribution is 5.85. The second-order valence-electron chi connectivity index (χ2n) is 7.76. The van der Waals surface area contributed by atoms with Crippen molar-refractivity contribution in [3.05, 3.63) is 65.9 Å². The molecule has 1 aliphatic heterocycles. The Labute approximate surface area is 209 Å². The molecule has 2 heterocycles. The highest BCUT2D eigenvalue weighted by Gasteiger charge is 2.32. The van der Waals surface area contributed by atoms with Crippen molar-refractivity contribution in [3.63, 3.8) is 0 Å². The van der Waals surface area contributed by atoms with E-state index in [4.69, 9.17) is 14.7 Å². The molecule has 7 heteroatoms. The maximum atomic E-state index is 13.0. The number of benzene rings is 2. The van der Waals surface area contributed by atoms with Crippen LogP contribution < -0.4 is 4.90 Å². The van der Waals surface area contributed by atoms with E-state index in [2.05, 4.69) is 22.9 Å². The lowest BCUT2D eigenvalue weighted by Gasteiger charge is -2.34. The van der Waals surface area contributed by atoms with E-state index in [0.717, 1.165) is 37.3 Å². The van der Waals surface area contributed by atoms with Crippen molar-refractivity contribution in [1.82, 2.24) is 14.9 Å². The molecule has 35 heavy (non-hydrogen) atoms. The topological polar surface area (TPSA) is 82.3 Å². The third-order valence-corrected chi connectivity index (χ3v) is 5.58. The molecule has 0 saturated carbocycles. The van der Waals surface area contributed by atoms with Crippen LogP contribution in [0.4, 0.5) is 5.82 Å². The van der Waals surface area contributed by atoms with E-state index in [9.17, 15) is 10.1 Å². The fourth-order valence-corrected chi connectivity index (χ4v) is 3.71. The van der Waals surface area contributed by atoms with Crippen LogP contribution in [0.5, 0.6) is 0 Å². The molecule has 1 fully saturated rings. The average Bonchev–Trinajstić information content (AvgIpc) is 2.92. The molecule has 1 aliphatic rings. The molecule has 0 amide bonds. The molecule has 3 aromatic rings. The van der Waals surface area contributed by atoms with Gasteiger partial charge in [0, 0.05) is 26.2 Å². The molecule has 0 N–H and O–H groups in total. The van der Waals surface area contributed by atoms with Gasteiger partial charge in [-0.25, -0.2) is 9.97 Å². The summed E-state index contributed by atoms with van der Waals surface area (Å²) < 4.78 is 5.66. The van der Waals surface area contributed by atoms with Crippen LogP contribution in [0.25, 0.3) is 11.0 Å². The monoisotopic (exact) mass is 475 g/mol. The van der Waals surface area contributed by atoms with Crippen molar-refractivity contribution in [1.29, 1.82) is 5.26 Å². The van der Waals surface area contributed by atoms with E-state index < -0.39 is 18.0 Å². The van der Waals surface area contributed by atoms with Crippen LogP contribution in [0.2, 0.25) is 0 Å². The molecule has 0 bridgehead atoms. The van der Waals surface area contributed by atoms with Crippen LogP contribution in [0.15, 0.2) is 54.6 Å². The number of ether oxygens (including phenoxy) is 1. The van der Waals surface area contributed by atoms with Gasteiger partial charge < -0.3 is 14.5 Å². The summed E-state index contributed by atoms with van der Waals surface area (Å²) in [4.78, 5) is 26.9. The zero-order valence-corrected chi connectivity index (χ0v) is 21.7. The minimum Gasteiger partial charge on any atom is -0.457 e. The maximum Gasteiger partial charge on any atom is 0.330 e. The van der Waals surface area contributed by atoms with Crippen molar-refractivity contribution >= 4 is 22.8 Å². The number of likely N-dealkylation sites (N-methyl/N-ethyl adjacent to an activating group) is 1. The standard InChI is InChI=1S/C24H25N5O2.2C2H6/c1-17(18-8-4-3-5-9-18)31-24(30)19(16-25)22-23(29-14-12-28(2)13-15-29)27-21-11-7-6-10-20(21)26-22;2*1-2/h3-11,17,19H,12-15H2,1-2H3;2*1-2H3. The normalized spacial score (nSPS) is 14.9. The first kappa shape index (κ1) is 27.7. The number of nitrogens with zero attached hydrogens (tertiary/aromatic N) is 5. The number of rotatable bonds is 5. The molecule has 7 nitrogen and oxygen atoms in total. The molecule has 1 saturated heterocycles. The third-order valence-electron chi connectivity index (χ3n) is 5.58. The summed E-state index contributed by atoms with van der Waals surface area (Å²) in [6, 6.07) is 19.1. The van der Waals surface area contributed by atoms with Crippen LogP contribution in [-0.4, -0.2) is 54.1 Å². The van der Waals surface area contributed by atoms with Gasteiger partial charge in [0.15, 0.2) is 11.7 Å². The van der Waals surface area contributed by atoms with Gasteiger partial charge in [-0.1, -0.05) is 70.2 Å². The van der Waals surface area contributed by atoms with Gasteiger partial charge in [0.25, 0.3) is 0 Å². The average molecular weight is 476 g/mol. The van der Waals surface area contributed by atoms with Crippen LogP contribution >= 0.6 is 0 Å². The molecule has 0 aliphatic carbocycles. The third kappa shape index (κ3) is 7.00. The van der Waals surface area contributed by atoms with Gasteiger partial charge in [-0.15, -0.1) is 0 Å². The van der Waals surface area contributed by atoms with E-state index in [-0.39, 0.29) is 0 Å². The van der Waals surface area contributed by atoms with Crippen LogP contribution in [-0.2, 0) is 9.53 Å². The Balaban J connectivity index is 0.00000103. The SMILES string of the molecule is CC.CC.CC(OC(=O)C(C#N)c1nc2ccccc2nc1N1CCN(C)CC1)c1ccccc1. The highest BCUT2D eigenvalue weighted by Crippen LogP contribution is 2.30. The number of esters is 1. The summed E-state index contributed by atoms with van der Waals surface area (Å²) in [6.07, 6.45) is -0.468. The Hall–Kier alpha value is -3.50. The minimum atomic E-state index is -1.15. The number of aromatic nitrogens is 2. The zero-order valence-electron chi connectivity index (χ0n) is 21.7. The van der Waals surface area contributed by atoms with E-state index in [0.29, 0.717) is 17.0 Å². The maximum absolute atomic E-state index is 13.0. The van der Waals surface area contributed by atoms with E-state index in [1.807, 2.05) is 82.3 Å². The molecule has 2 aromatic carbocycles. The first-order valence-corrected chi connectivity index (χ1v) is 12.4. The number of carbonyl (C=O) groups excluding carboxylic acids is 1.